The molecular formula is C10H15NO3. The summed E-state index contributed by atoms with van der Waals surface area (Å²) in [6.45, 7) is 0. The van der Waals surface area contributed by atoms with Gasteiger partial charge in [-0.05, 0) is 12.8 Å². The van der Waals surface area contributed by atoms with Gasteiger partial charge in [0.2, 0.25) is 5.78 Å². The predicted octanol–water partition coefficient (Wildman–Crippen LogP) is 0.580. The Morgan fingerprint density at radius 1 is 1.07 bits per heavy atom. The minimum absolute atomic E-state index is 0.0213. The lowest BCUT2D eigenvalue weighted by molar-refractivity contribution is -0.139. The molecule has 2 N–H and O–H groups in total. The molecule has 0 atom stereocenters. The molecule has 1 aliphatic carbocycles. The molecule has 4 heteroatoms. The van der Waals surface area contributed by atoms with Crippen molar-refractivity contribution in [1.29, 1.82) is 0 Å². The number of hydrogen-bond acceptors (Lipinski definition) is 3. The van der Waals surface area contributed by atoms with E-state index in [1.165, 1.54) is 0 Å². The highest BCUT2D eigenvalue weighted by atomic mass is 16.2. The van der Waals surface area contributed by atoms with Crippen LogP contribution in [0.4, 0.5) is 0 Å². The zero-order valence-corrected chi connectivity index (χ0v) is 8.12. The summed E-state index contributed by atoms with van der Waals surface area (Å²) in [4.78, 5) is 32.8. The number of primary amides is 1. The average molecular weight is 197 g/mol. The first-order valence-corrected chi connectivity index (χ1v) is 4.96. The Morgan fingerprint density at radius 3 is 2.14 bits per heavy atom. The molecule has 1 fully saturated rings. The fraction of sp³-hybridized carbons (Fsp3) is 0.700. The third kappa shape index (κ3) is 2.94. The first-order valence-electron chi connectivity index (χ1n) is 4.96. The minimum atomic E-state index is -1.01. The van der Waals surface area contributed by atoms with Gasteiger partial charge in [0.05, 0.1) is 6.42 Å². The van der Waals surface area contributed by atoms with Gasteiger partial charge in [-0.15, -0.1) is 0 Å². The van der Waals surface area contributed by atoms with Gasteiger partial charge in [0.15, 0.2) is 0 Å². The van der Waals surface area contributed by atoms with Crippen LogP contribution in [0, 0.1) is 5.92 Å². The van der Waals surface area contributed by atoms with Gasteiger partial charge in [0.25, 0.3) is 5.91 Å². The van der Waals surface area contributed by atoms with Crippen LogP contribution in [0.2, 0.25) is 0 Å². The topological polar surface area (TPSA) is 77.2 Å². The molecule has 4 nitrogen and oxygen atoms in total. The van der Waals surface area contributed by atoms with E-state index >= 15 is 0 Å². The third-order valence-corrected chi connectivity index (χ3v) is 2.67. The molecule has 0 aliphatic heterocycles. The molecule has 1 saturated carbocycles. The largest absolute Gasteiger partial charge is 0.363 e. The summed E-state index contributed by atoms with van der Waals surface area (Å²) in [6.07, 6.45) is 4.64. The second-order valence-corrected chi connectivity index (χ2v) is 3.77. The zero-order valence-electron chi connectivity index (χ0n) is 8.12. The Morgan fingerprint density at radius 2 is 1.64 bits per heavy atom. The molecule has 0 spiro atoms. The number of rotatable bonds is 4. The summed E-state index contributed by atoms with van der Waals surface area (Å²) >= 11 is 0. The molecule has 14 heavy (non-hydrogen) atoms. The summed E-state index contributed by atoms with van der Waals surface area (Å²) in [5, 5.41) is 0. The van der Waals surface area contributed by atoms with Gasteiger partial charge >= 0.3 is 0 Å². The van der Waals surface area contributed by atoms with Gasteiger partial charge in [-0.3, -0.25) is 14.4 Å². The van der Waals surface area contributed by atoms with E-state index in [-0.39, 0.29) is 18.1 Å². The molecule has 0 saturated heterocycles. The van der Waals surface area contributed by atoms with Crippen LogP contribution in [-0.4, -0.2) is 17.5 Å². The van der Waals surface area contributed by atoms with E-state index in [4.69, 9.17) is 5.73 Å². The highest BCUT2D eigenvalue weighted by Gasteiger charge is 2.24. The van der Waals surface area contributed by atoms with Gasteiger partial charge in [-0.1, -0.05) is 19.3 Å². The van der Waals surface area contributed by atoms with Crippen LogP contribution in [0.3, 0.4) is 0 Å². The van der Waals surface area contributed by atoms with Crippen LogP contribution in [-0.2, 0) is 14.4 Å². The fourth-order valence-corrected chi connectivity index (χ4v) is 1.81. The molecule has 0 aromatic rings. The van der Waals surface area contributed by atoms with E-state index < -0.39 is 11.7 Å². The Labute approximate surface area is 82.8 Å². The predicted molar refractivity (Wildman–Crippen MR) is 50.4 cm³/mol. The van der Waals surface area contributed by atoms with Crippen LogP contribution in [0.15, 0.2) is 0 Å². The number of nitrogens with two attached hydrogens (primary N) is 1. The van der Waals surface area contributed by atoms with Crippen molar-refractivity contribution in [3.05, 3.63) is 0 Å². The molecular weight excluding hydrogens is 182 g/mol. The van der Waals surface area contributed by atoms with Crippen molar-refractivity contribution < 1.29 is 14.4 Å². The van der Waals surface area contributed by atoms with Crippen LogP contribution < -0.4 is 5.73 Å². The molecule has 1 rings (SSSR count). The van der Waals surface area contributed by atoms with E-state index in [0.29, 0.717) is 0 Å². The lowest BCUT2D eigenvalue weighted by Gasteiger charge is -2.19. The van der Waals surface area contributed by atoms with Gasteiger partial charge < -0.3 is 5.73 Å². The second kappa shape index (κ2) is 4.88. The molecule has 78 valence electrons. The van der Waals surface area contributed by atoms with Crippen molar-refractivity contribution in [2.24, 2.45) is 11.7 Å². The Balaban J connectivity index is 2.40. The first kappa shape index (κ1) is 10.9. The number of ketones is 2. The van der Waals surface area contributed by atoms with E-state index in [1.807, 2.05) is 0 Å². The van der Waals surface area contributed by atoms with Crippen molar-refractivity contribution in [3.63, 3.8) is 0 Å². The summed E-state index contributed by atoms with van der Waals surface area (Å²) in [7, 11) is 0. The minimum Gasteiger partial charge on any atom is -0.363 e. The van der Waals surface area contributed by atoms with Gasteiger partial charge in [-0.2, -0.15) is 0 Å². The van der Waals surface area contributed by atoms with Crippen LogP contribution in [0.25, 0.3) is 0 Å². The van der Waals surface area contributed by atoms with Crippen molar-refractivity contribution in [3.8, 4) is 0 Å². The van der Waals surface area contributed by atoms with Crippen molar-refractivity contribution in [2.45, 2.75) is 38.5 Å². The van der Waals surface area contributed by atoms with E-state index in [0.717, 1.165) is 32.1 Å². The highest BCUT2D eigenvalue weighted by molar-refractivity contribution is 6.38. The maximum Gasteiger partial charge on any atom is 0.285 e. The summed E-state index contributed by atoms with van der Waals surface area (Å²) in [6, 6.07) is 0. The van der Waals surface area contributed by atoms with Crippen molar-refractivity contribution in [2.75, 3.05) is 0 Å². The van der Waals surface area contributed by atoms with Gasteiger partial charge in [0.1, 0.15) is 5.78 Å². The van der Waals surface area contributed by atoms with Crippen molar-refractivity contribution >= 4 is 17.5 Å². The maximum atomic E-state index is 11.5. The van der Waals surface area contributed by atoms with E-state index in [1.54, 1.807) is 0 Å². The van der Waals surface area contributed by atoms with Crippen LogP contribution in [0.1, 0.15) is 38.5 Å². The average Bonchev–Trinajstić information content (AvgIpc) is 2.19. The molecule has 1 amide bonds. The fourth-order valence-electron chi connectivity index (χ4n) is 1.81. The number of Topliss-reactive ketones (excluding diaryl/α,β-unsaturated/α-hetero) is 2. The van der Waals surface area contributed by atoms with E-state index in [2.05, 4.69) is 0 Å². The molecule has 0 unspecified atom stereocenters. The SMILES string of the molecule is NC(=O)C(=O)CC(=O)C1CCCCC1. The summed E-state index contributed by atoms with van der Waals surface area (Å²) in [5.74, 6) is -1.91. The maximum absolute atomic E-state index is 11.5. The van der Waals surface area contributed by atoms with Crippen LogP contribution in [0.5, 0.6) is 0 Å². The lowest BCUT2D eigenvalue weighted by Crippen LogP contribution is -2.28. The normalized spacial score (nSPS) is 17.7. The zero-order chi connectivity index (χ0) is 10.6. The molecule has 0 radical (unpaired) electrons. The Hall–Kier alpha value is -1.19. The standard InChI is InChI=1S/C10H15NO3/c11-10(14)9(13)6-8(12)7-4-2-1-3-5-7/h7H,1-6H2,(H2,11,14). The molecule has 0 aromatic heterocycles. The smallest absolute Gasteiger partial charge is 0.285 e. The monoisotopic (exact) mass is 197 g/mol. The van der Waals surface area contributed by atoms with Gasteiger partial charge in [0, 0.05) is 5.92 Å². The summed E-state index contributed by atoms with van der Waals surface area (Å²) < 4.78 is 0. The number of carbonyl (C=O) groups excluding carboxylic acids is 3. The van der Waals surface area contributed by atoms with Gasteiger partial charge in [-0.25, -0.2) is 0 Å². The van der Waals surface area contributed by atoms with Crippen molar-refractivity contribution in [1.82, 2.24) is 0 Å². The summed E-state index contributed by atoms with van der Waals surface area (Å²) in [5.41, 5.74) is 4.77. The molecule has 0 aromatic carbocycles. The number of hydrogen-bond donors (Lipinski definition) is 1. The second-order valence-electron chi connectivity index (χ2n) is 3.77. The number of carbonyl (C=O) groups is 3. The lowest BCUT2D eigenvalue weighted by atomic mass is 9.85. The quantitative estimate of drug-likeness (QED) is 0.529. The van der Waals surface area contributed by atoms with Crippen LogP contribution >= 0.6 is 0 Å². The molecule has 0 heterocycles. The Bertz CT molecular complexity index is 254. The third-order valence-electron chi connectivity index (χ3n) is 2.67. The molecule has 1 aliphatic rings. The van der Waals surface area contributed by atoms with E-state index in [9.17, 15) is 14.4 Å². The highest BCUT2D eigenvalue weighted by Crippen LogP contribution is 2.25. The molecule has 0 bridgehead atoms. The Kier molecular flexibility index (Phi) is 3.80. The first-order chi connectivity index (χ1) is 6.61. The number of amides is 1.